The standard InChI is InChI=1S/C19H17BrN4O2S3/c1-29(25,26)23-13-5-7-14(8-6-13)24-18(16-10-12(20)11-28-16)17(22-19(24)27)15-4-2-3-9-21-15/h2-11,17-18,23H,1H3,(H,22,27). The molecule has 29 heavy (non-hydrogen) atoms. The van der Waals surface area contributed by atoms with Crippen molar-refractivity contribution in [2.45, 2.75) is 12.1 Å². The second-order valence-electron chi connectivity index (χ2n) is 6.58. The lowest BCUT2D eigenvalue weighted by atomic mass is 10.0. The highest BCUT2D eigenvalue weighted by molar-refractivity contribution is 9.10. The molecule has 0 amide bonds. The molecular weight excluding hydrogens is 492 g/mol. The van der Waals surface area contributed by atoms with Crippen LogP contribution < -0.4 is 14.9 Å². The summed E-state index contributed by atoms with van der Waals surface area (Å²) in [7, 11) is -3.33. The lowest BCUT2D eigenvalue weighted by Crippen LogP contribution is -2.29. The maximum Gasteiger partial charge on any atom is 0.229 e. The number of nitrogens with one attached hydrogen (secondary N) is 2. The van der Waals surface area contributed by atoms with Gasteiger partial charge in [0.15, 0.2) is 5.11 Å². The van der Waals surface area contributed by atoms with Gasteiger partial charge >= 0.3 is 0 Å². The number of sulfonamides is 1. The fourth-order valence-electron chi connectivity index (χ4n) is 3.31. The summed E-state index contributed by atoms with van der Waals surface area (Å²) < 4.78 is 26.4. The van der Waals surface area contributed by atoms with E-state index in [9.17, 15) is 8.42 Å². The Morgan fingerprint density at radius 2 is 2.00 bits per heavy atom. The van der Waals surface area contributed by atoms with Crippen molar-refractivity contribution in [1.82, 2.24) is 10.3 Å². The lowest BCUT2D eigenvalue weighted by Gasteiger charge is -2.27. The van der Waals surface area contributed by atoms with E-state index in [1.165, 1.54) is 0 Å². The number of pyridine rings is 1. The van der Waals surface area contributed by atoms with E-state index in [4.69, 9.17) is 12.2 Å². The Kier molecular flexibility index (Phi) is 5.60. The molecule has 0 radical (unpaired) electrons. The van der Waals surface area contributed by atoms with E-state index in [1.54, 1.807) is 29.7 Å². The van der Waals surface area contributed by atoms with Crippen molar-refractivity contribution in [3.8, 4) is 0 Å². The molecule has 2 N–H and O–H groups in total. The molecule has 6 nitrogen and oxygen atoms in total. The quantitative estimate of drug-likeness (QED) is 0.495. The molecule has 150 valence electrons. The summed E-state index contributed by atoms with van der Waals surface area (Å²) in [6.07, 6.45) is 2.90. The first-order valence-electron chi connectivity index (χ1n) is 8.64. The molecule has 0 spiro atoms. The summed E-state index contributed by atoms with van der Waals surface area (Å²) in [5.74, 6) is 0. The summed E-state index contributed by atoms with van der Waals surface area (Å²) in [5, 5.41) is 6.05. The number of rotatable bonds is 5. The predicted octanol–water partition coefficient (Wildman–Crippen LogP) is 4.45. The van der Waals surface area contributed by atoms with Gasteiger partial charge in [0.05, 0.1) is 24.0 Å². The number of thiophene rings is 1. The van der Waals surface area contributed by atoms with E-state index in [0.717, 1.165) is 27.0 Å². The first-order chi connectivity index (χ1) is 13.8. The normalized spacial score (nSPS) is 19.2. The van der Waals surface area contributed by atoms with Gasteiger partial charge in [0.25, 0.3) is 0 Å². The Morgan fingerprint density at radius 1 is 1.24 bits per heavy atom. The third-order valence-electron chi connectivity index (χ3n) is 4.43. The molecule has 1 aliphatic rings. The minimum absolute atomic E-state index is 0.0811. The largest absolute Gasteiger partial charge is 0.351 e. The highest BCUT2D eigenvalue weighted by atomic mass is 79.9. The van der Waals surface area contributed by atoms with Gasteiger partial charge in [-0.15, -0.1) is 11.3 Å². The van der Waals surface area contributed by atoms with Gasteiger partial charge in [-0.2, -0.15) is 0 Å². The molecule has 1 fully saturated rings. The third kappa shape index (κ3) is 4.45. The van der Waals surface area contributed by atoms with Crippen molar-refractivity contribution >= 4 is 66.0 Å². The highest BCUT2D eigenvalue weighted by Crippen LogP contribution is 2.44. The summed E-state index contributed by atoms with van der Waals surface area (Å²) in [5.41, 5.74) is 2.28. The Hall–Kier alpha value is -2.01. The average molecular weight is 509 g/mol. The number of hydrogen-bond donors (Lipinski definition) is 2. The number of thiocarbonyl (C=S) groups is 1. The van der Waals surface area contributed by atoms with Crippen LogP contribution in [0.25, 0.3) is 0 Å². The molecule has 3 heterocycles. The number of anilines is 2. The summed E-state index contributed by atoms with van der Waals surface area (Å²) in [6.45, 7) is 0. The third-order valence-corrected chi connectivity index (χ3v) is 7.11. The molecule has 1 saturated heterocycles. The van der Waals surface area contributed by atoms with Crippen LogP contribution in [0.4, 0.5) is 11.4 Å². The zero-order chi connectivity index (χ0) is 20.6. The number of aromatic nitrogens is 1. The Balaban J connectivity index is 1.73. The van der Waals surface area contributed by atoms with Gasteiger partial charge in [0.1, 0.15) is 0 Å². The molecule has 2 aromatic heterocycles. The predicted molar refractivity (Wildman–Crippen MR) is 125 cm³/mol. The van der Waals surface area contributed by atoms with Crippen LogP contribution in [0.2, 0.25) is 0 Å². The fraction of sp³-hybridized carbons (Fsp3) is 0.158. The zero-order valence-electron chi connectivity index (χ0n) is 15.2. The van der Waals surface area contributed by atoms with Crippen LogP contribution in [0.15, 0.2) is 64.6 Å². The first-order valence-corrected chi connectivity index (χ1v) is 12.6. The number of benzene rings is 1. The van der Waals surface area contributed by atoms with Crippen molar-refractivity contribution in [2.75, 3.05) is 15.9 Å². The van der Waals surface area contributed by atoms with Gasteiger partial charge in [-0.1, -0.05) is 6.07 Å². The van der Waals surface area contributed by atoms with E-state index in [0.29, 0.717) is 10.8 Å². The van der Waals surface area contributed by atoms with Gasteiger partial charge in [-0.3, -0.25) is 9.71 Å². The molecule has 2 atom stereocenters. The van der Waals surface area contributed by atoms with Crippen LogP contribution in [0.3, 0.4) is 0 Å². The van der Waals surface area contributed by atoms with Crippen LogP contribution in [-0.4, -0.2) is 24.8 Å². The van der Waals surface area contributed by atoms with Crippen LogP contribution in [0.5, 0.6) is 0 Å². The van der Waals surface area contributed by atoms with Gasteiger partial charge < -0.3 is 10.2 Å². The minimum atomic E-state index is -3.33. The monoisotopic (exact) mass is 508 g/mol. The number of nitrogens with zero attached hydrogens (tertiary/aromatic N) is 2. The van der Waals surface area contributed by atoms with E-state index >= 15 is 0 Å². The van der Waals surface area contributed by atoms with Gasteiger partial charge in [-0.25, -0.2) is 8.42 Å². The lowest BCUT2D eigenvalue weighted by molar-refractivity contribution is 0.575. The zero-order valence-corrected chi connectivity index (χ0v) is 19.3. The summed E-state index contributed by atoms with van der Waals surface area (Å²) in [4.78, 5) is 7.72. The van der Waals surface area contributed by atoms with Crippen LogP contribution in [-0.2, 0) is 10.0 Å². The fourth-order valence-corrected chi connectivity index (χ4v) is 5.79. The van der Waals surface area contributed by atoms with Gasteiger partial charge in [0.2, 0.25) is 10.0 Å². The smallest absolute Gasteiger partial charge is 0.229 e. The number of hydrogen-bond acceptors (Lipinski definition) is 5. The van der Waals surface area contributed by atoms with Gasteiger partial charge in [0, 0.05) is 32.3 Å². The molecular formula is C19H17BrN4O2S3. The SMILES string of the molecule is CS(=O)(=O)Nc1ccc(N2C(=S)NC(c3ccccn3)C2c2cc(Br)cs2)cc1. The molecule has 4 rings (SSSR count). The van der Waals surface area contributed by atoms with Crippen LogP contribution in [0.1, 0.15) is 22.7 Å². The van der Waals surface area contributed by atoms with E-state index in [-0.39, 0.29) is 12.1 Å². The van der Waals surface area contributed by atoms with Crippen molar-refractivity contribution in [3.05, 3.63) is 75.2 Å². The average Bonchev–Trinajstić information content (AvgIpc) is 3.25. The molecule has 2 unspecified atom stereocenters. The maximum absolute atomic E-state index is 11.5. The molecule has 3 aromatic rings. The van der Waals surface area contributed by atoms with Crippen molar-refractivity contribution in [1.29, 1.82) is 0 Å². The van der Waals surface area contributed by atoms with Gasteiger partial charge in [-0.05, 0) is 70.6 Å². The minimum Gasteiger partial charge on any atom is -0.351 e. The second kappa shape index (κ2) is 8.02. The Labute approximate surface area is 187 Å². The summed E-state index contributed by atoms with van der Waals surface area (Å²) >= 11 is 10.9. The number of halogens is 1. The maximum atomic E-state index is 11.5. The van der Waals surface area contributed by atoms with Crippen molar-refractivity contribution < 1.29 is 8.42 Å². The van der Waals surface area contributed by atoms with E-state index in [1.807, 2.05) is 35.7 Å². The Bertz CT molecular complexity index is 1130. The summed E-state index contributed by atoms with van der Waals surface area (Å²) in [6, 6.07) is 14.9. The molecule has 0 saturated carbocycles. The van der Waals surface area contributed by atoms with Crippen LogP contribution in [0, 0.1) is 0 Å². The molecule has 0 aliphatic carbocycles. The second-order valence-corrected chi connectivity index (χ2v) is 10.6. The molecule has 1 aromatic carbocycles. The van der Waals surface area contributed by atoms with Crippen molar-refractivity contribution in [2.24, 2.45) is 0 Å². The Morgan fingerprint density at radius 3 is 2.59 bits per heavy atom. The topological polar surface area (TPSA) is 74.3 Å². The van der Waals surface area contributed by atoms with E-state index < -0.39 is 10.0 Å². The van der Waals surface area contributed by atoms with E-state index in [2.05, 4.69) is 41.9 Å². The van der Waals surface area contributed by atoms with Crippen LogP contribution >= 0.6 is 39.5 Å². The van der Waals surface area contributed by atoms with Crippen molar-refractivity contribution in [3.63, 3.8) is 0 Å². The molecule has 0 bridgehead atoms. The molecule has 10 heteroatoms. The first kappa shape index (κ1) is 20.3. The highest BCUT2D eigenvalue weighted by Gasteiger charge is 2.41. The molecule has 1 aliphatic heterocycles.